The van der Waals surface area contributed by atoms with Gasteiger partial charge < -0.3 is 15.4 Å². The van der Waals surface area contributed by atoms with E-state index < -0.39 is 18.5 Å². The van der Waals surface area contributed by atoms with E-state index in [4.69, 9.17) is 4.74 Å². The molecular weight excluding hydrogens is 310 g/mol. The van der Waals surface area contributed by atoms with Crippen LogP contribution in [0.15, 0.2) is 48.7 Å². The summed E-state index contributed by atoms with van der Waals surface area (Å²) in [5.74, 6) is -1.41. The predicted molar refractivity (Wildman–Crippen MR) is 87.6 cm³/mol. The molecule has 2 N–H and O–H groups in total. The van der Waals surface area contributed by atoms with Gasteiger partial charge in [0.25, 0.3) is 11.8 Å². The number of hydrogen-bond acceptors (Lipinski definition) is 5. The van der Waals surface area contributed by atoms with Crippen LogP contribution in [0.2, 0.25) is 0 Å². The molecule has 2 aromatic rings. The summed E-state index contributed by atoms with van der Waals surface area (Å²) in [4.78, 5) is 39.1. The number of aromatic nitrogens is 1. The predicted octanol–water partition coefficient (Wildman–Crippen LogP) is 1.63. The maximum absolute atomic E-state index is 11.8. The molecule has 0 spiro atoms. The van der Waals surface area contributed by atoms with Gasteiger partial charge in [-0.1, -0.05) is 12.1 Å². The third-order valence-corrected chi connectivity index (χ3v) is 2.95. The number of ether oxygens (including phenoxy) is 1. The number of rotatable bonds is 6. The summed E-state index contributed by atoms with van der Waals surface area (Å²) in [5.41, 5.74) is 1.00. The molecule has 1 aromatic heterocycles. The van der Waals surface area contributed by atoms with Crippen molar-refractivity contribution in [3.05, 3.63) is 59.9 Å². The second kappa shape index (κ2) is 8.42. The standard InChI is InChI=1S/C17H17N3O4/c1-2-18-16(22)12-6-5-7-13(10-12)20-15(21)11-24-17(23)14-8-3-4-9-19-14/h3-10H,2,11H2,1H3,(H,18,22)(H,20,21). The van der Waals surface area contributed by atoms with Crippen LogP contribution in [-0.4, -0.2) is 35.9 Å². The van der Waals surface area contributed by atoms with Gasteiger partial charge in [-0.3, -0.25) is 9.59 Å². The lowest BCUT2D eigenvalue weighted by atomic mass is 10.2. The summed E-state index contributed by atoms with van der Waals surface area (Å²) in [6.45, 7) is 1.89. The number of nitrogens with one attached hydrogen (secondary N) is 2. The highest BCUT2D eigenvalue weighted by Gasteiger charge is 2.12. The van der Waals surface area contributed by atoms with Gasteiger partial charge in [-0.25, -0.2) is 9.78 Å². The molecule has 0 aliphatic rings. The zero-order valence-corrected chi connectivity index (χ0v) is 13.1. The van der Waals surface area contributed by atoms with Gasteiger partial charge in [0, 0.05) is 24.0 Å². The highest BCUT2D eigenvalue weighted by atomic mass is 16.5. The zero-order valence-electron chi connectivity index (χ0n) is 13.1. The Morgan fingerprint density at radius 1 is 1.12 bits per heavy atom. The SMILES string of the molecule is CCNC(=O)c1cccc(NC(=O)COC(=O)c2ccccn2)c1. The second-order valence-corrected chi connectivity index (χ2v) is 4.78. The molecular formula is C17H17N3O4. The molecule has 1 aromatic carbocycles. The van der Waals surface area contributed by atoms with Crippen LogP contribution >= 0.6 is 0 Å². The molecule has 0 unspecified atom stereocenters. The molecule has 24 heavy (non-hydrogen) atoms. The molecule has 1 heterocycles. The van der Waals surface area contributed by atoms with Crippen LogP contribution < -0.4 is 10.6 Å². The van der Waals surface area contributed by atoms with Crippen molar-refractivity contribution in [2.45, 2.75) is 6.92 Å². The largest absolute Gasteiger partial charge is 0.451 e. The fraction of sp³-hybridized carbons (Fsp3) is 0.176. The molecule has 7 nitrogen and oxygen atoms in total. The third-order valence-electron chi connectivity index (χ3n) is 2.95. The summed E-state index contributed by atoms with van der Waals surface area (Å²) in [6.07, 6.45) is 1.46. The number of benzene rings is 1. The van der Waals surface area contributed by atoms with E-state index in [1.54, 1.807) is 36.4 Å². The molecule has 2 amide bonds. The van der Waals surface area contributed by atoms with E-state index in [0.717, 1.165) is 0 Å². The van der Waals surface area contributed by atoms with Gasteiger partial charge in [-0.2, -0.15) is 0 Å². The molecule has 0 aliphatic carbocycles. The molecule has 0 atom stereocenters. The van der Waals surface area contributed by atoms with Gasteiger partial charge >= 0.3 is 5.97 Å². The zero-order chi connectivity index (χ0) is 17.4. The Bertz CT molecular complexity index is 732. The second-order valence-electron chi connectivity index (χ2n) is 4.78. The lowest BCUT2D eigenvalue weighted by Gasteiger charge is -2.08. The maximum atomic E-state index is 11.8. The van der Waals surface area contributed by atoms with Crippen LogP contribution in [0, 0.1) is 0 Å². The first-order chi connectivity index (χ1) is 11.6. The number of nitrogens with zero attached hydrogens (tertiary/aromatic N) is 1. The first-order valence-corrected chi connectivity index (χ1v) is 7.36. The quantitative estimate of drug-likeness (QED) is 0.786. The van der Waals surface area contributed by atoms with Crippen LogP contribution in [0.3, 0.4) is 0 Å². The Kier molecular flexibility index (Phi) is 6.01. The number of carbonyl (C=O) groups excluding carboxylic acids is 3. The lowest BCUT2D eigenvalue weighted by Crippen LogP contribution is -2.23. The van der Waals surface area contributed by atoms with Gasteiger partial charge in [0.2, 0.25) is 0 Å². The van der Waals surface area contributed by atoms with E-state index in [9.17, 15) is 14.4 Å². The van der Waals surface area contributed by atoms with Crippen LogP contribution in [0.1, 0.15) is 27.8 Å². The van der Waals surface area contributed by atoms with Crippen molar-refractivity contribution < 1.29 is 19.1 Å². The summed E-state index contributed by atoms with van der Waals surface area (Å²) in [6, 6.07) is 11.3. The van der Waals surface area contributed by atoms with E-state index in [1.165, 1.54) is 12.3 Å². The van der Waals surface area contributed by atoms with Crippen molar-refractivity contribution in [1.29, 1.82) is 0 Å². The summed E-state index contributed by atoms with van der Waals surface area (Å²) in [5, 5.41) is 5.24. The van der Waals surface area contributed by atoms with E-state index in [-0.39, 0.29) is 11.6 Å². The molecule has 0 saturated carbocycles. The summed E-state index contributed by atoms with van der Waals surface area (Å²) >= 11 is 0. The lowest BCUT2D eigenvalue weighted by molar-refractivity contribution is -0.119. The molecule has 0 fully saturated rings. The Morgan fingerprint density at radius 3 is 2.67 bits per heavy atom. The van der Waals surface area contributed by atoms with Crippen LogP contribution in [-0.2, 0) is 9.53 Å². The van der Waals surface area contributed by atoms with Crippen molar-refractivity contribution >= 4 is 23.5 Å². The first kappa shape index (κ1) is 17.1. The van der Waals surface area contributed by atoms with E-state index in [0.29, 0.717) is 17.8 Å². The minimum absolute atomic E-state index is 0.128. The molecule has 7 heteroatoms. The Morgan fingerprint density at radius 2 is 1.96 bits per heavy atom. The van der Waals surface area contributed by atoms with Crippen molar-refractivity contribution in [3.8, 4) is 0 Å². The summed E-state index contributed by atoms with van der Waals surface area (Å²) in [7, 11) is 0. The van der Waals surface area contributed by atoms with E-state index >= 15 is 0 Å². The van der Waals surface area contributed by atoms with Gasteiger partial charge in [0.15, 0.2) is 6.61 Å². The van der Waals surface area contributed by atoms with Gasteiger partial charge in [0.1, 0.15) is 5.69 Å². The van der Waals surface area contributed by atoms with E-state index in [1.807, 2.05) is 6.92 Å². The molecule has 0 aliphatic heterocycles. The molecule has 0 bridgehead atoms. The highest BCUT2D eigenvalue weighted by molar-refractivity contribution is 5.98. The fourth-order valence-corrected chi connectivity index (χ4v) is 1.89. The fourth-order valence-electron chi connectivity index (χ4n) is 1.89. The van der Waals surface area contributed by atoms with Crippen molar-refractivity contribution in [3.63, 3.8) is 0 Å². The number of hydrogen-bond donors (Lipinski definition) is 2. The molecule has 124 valence electrons. The number of carbonyl (C=O) groups is 3. The number of pyridine rings is 1. The van der Waals surface area contributed by atoms with E-state index in [2.05, 4.69) is 15.6 Å². The minimum Gasteiger partial charge on any atom is -0.451 e. The monoisotopic (exact) mass is 327 g/mol. The van der Waals surface area contributed by atoms with Gasteiger partial charge in [-0.05, 0) is 37.3 Å². The number of anilines is 1. The van der Waals surface area contributed by atoms with Gasteiger partial charge in [0.05, 0.1) is 0 Å². The average molecular weight is 327 g/mol. The molecule has 2 rings (SSSR count). The Hall–Kier alpha value is -3.22. The van der Waals surface area contributed by atoms with Crippen LogP contribution in [0.5, 0.6) is 0 Å². The summed E-state index contributed by atoms with van der Waals surface area (Å²) < 4.78 is 4.89. The average Bonchev–Trinajstić information content (AvgIpc) is 2.61. The van der Waals surface area contributed by atoms with Crippen molar-refractivity contribution in [2.75, 3.05) is 18.5 Å². The van der Waals surface area contributed by atoms with Crippen LogP contribution in [0.25, 0.3) is 0 Å². The third kappa shape index (κ3) is 4.91. The molecule has 0 saturated heterocycles. The Balaban J connectivity index is 1.89. The smallest absolute Gasteiger partial charge is 0.357 e. The first-order valence-electron chi connectivity index (χ1n) is 7.36. The van der Waals surface area contributed by atoms with Crippen LogP contribution in [0.4, 0.5) is 5.69 Å². The minimum atomic E-state index is -0.679. The number of amides is 2. The van der Waals surface area contributed by atoms with Gasteiger partial charge in [-0.15, -0.1) is 0 Å². The van der Waals surface area contributed by atoms with Crippen molar-refractivity contribution in [2.24, 2.45) is 0 Å². The number of esters is 1. The molecule has 0 radical (unpaired) electrons. The topological polar surface area (TPSA) is 97.4 Å². The highest BCUT2D eigenvalue weighted by Crippen LogP contribution is 2.10. The Labute approximate surface area is 139 Å². The van der Waals surface area contributed by atoms with Crippen molar-refractivity contribution in [1.82, 2.24) is 10.3 Å². The normalized spacial score (nSPS) is 9.88. The maximum Gasteiger partial charge on any atom is 0.357 e.